The summed E-state index contributed by atoms with van der Waals surface area (Å²) in [5.74, 6) is 0.502. The number of nitrogens with zero attached hydrogens (tertiary/aromatic N) is 3. The van der Waals surface area contributed by atoms with Crippen molar-refractivity contribution in [2.24, 2.45) is 4.99 Å². The van der Waals surface area contributed by atoms with Crippen LogP contribution in [0.5, 0.6) is 11.5 Å². The summed E-state index contributed by atoms with van der Waals surface area (Å²) in [7, 11) is 1.57. The highest BCUT2D eigenvalue weighted by Gasteiger charge is 2.36. The van der Waals surface area contributed by atoms with Crippen LogP contribution in [0.15, 0.2) is 69.7 Å². The number of ether oxygens (including phenoxy) is 3. The zero-order valence-electron chi connectivity index (χ0n) is 24.3. The van der Waals surface area contributed by atoms with Crippen molar-refractivity contribution in [3.05, 3.63) is 90.7 Å². The van der Waals surface area contributed by atoms with Crippen molar-refractivity contribution in [3.8, 4) is 11.5 Å². The largest absolute Gasteiger partial charge is 0.493 e. The van der Waals surface area contributed by atoms with Gasteiger partial charge in [-0.1, -0.05) is 48.6 Å². The first-order valence-electron chi connectivity index (χ1n) is 13.9. The maximum atomic E-state index is 14.2. The van der Waals surface area contributed by atoms with Crippen LogP contribution in [-0.4, -0.2) is 35.4 Å². The molecule has 0 bridgehead atoms. The molecular weight excluding hydrogens is 538 g/mol. The Morgan fingerprint density at radius 3 is 2.63 bits per heavy atom. The molecule has 0 unspecified atom stereocenters. The van der Waals surface area contributed by atoms with Gasteiger partial charge in [0.15, 0.2) is 16.3 Å². The molecule has 2 aromatic heterocycles. The minimum absolute atomic E-state index is 0.198. The molecule has 4 aromatic rings. The van der Waals surface area contributed by atoms with E-state index in [-0.39, 0.29) is 18.2 Å². The summed E-state index contributed by atoms with van der Waals surface area (Å²) in [5.41, 5.74) is 3.26. The van der Waals surface area contributed by atoms with E-state index >= 15 is 0 Å². The Kier molecular flexibility index (Phi) is 8.17. The van der Waals surface area contributed by atoms with E-state index in [1.54, 1.807) is 25.5 Å². The number of carbonyl (C=O) groups excluding carboxylic acids is 1. The van der Waals surface area contributed by atoms with E-state index in [4.69, 9.17) is 19.2 Å². The zero-order valence-corrected chi connectivity index (χ0v) is 25.1. The maximum absolute atomic E-state index is 14.2. The molecule has 1 atom stereocenters. The van der Waals surface area contributed by atoms with Crippen molar-refractivity contribution in [1.29, 1.82) is 0 Å². The first-order chi connectivity index (χ1) is 19.8. The quantitative estimate of drug-likeness (QED) is 0.259. The van der Waals surface area contributed by atoms with Gasteiger partial charge in [0.25, 0.3) is 5.56 Å². The summed E-state index contributed by atoms with van der Waals surface area (Å²) in [4.78, 5) is 32.8. The van der Waals surface area contributed by atoms with Gasteiger partial charge in [-0.2, -0.15) is 0 Å². The van der Waals surface area contributed by atoms with Crippen LogP contribution in [-0.2, 0) is 9.53 Å². The standard InChI is InChI=1S/C32H35N3O5S/c1-7-16-40-29-23(13-11-15-25(29)38-6)28-27(31(37)39-8-2)20(5)33-32-35(28)30(36)26(41-32)17-21-18-34(19(3)4)24-14-10-9-12-22(21)24/h9-15,17-19,28H,7-8,16H2,1-6H3/b26-17+/t28-/m0/s1. The molecule has 5 rings (SSSR count). The van der Waals surface area contributed by atoms with Crippen molar-refractivity contribution in [1.82, 2.24) is 9.13 Å². The third-order valence-corrected chi connectivity index (χ3v) is 8.09. The normalized spacial score (nSPS) is 15.3. The number of thiazole rings is 1. The minimum atomic E-state index is -0.800. The Labute approximate surface area is 242 Å². The molecular formula is C32H35N3O5S. The number of allylic oxidation sites excluding steroid dienone is 1. The van der Waals surface area contributed by atoms with Gasteiger partial charge in [0.05, 0.1) is 36.1 Å². The highest BCUT2D eigenvalue weighted by Crippen LogP contribution is 2.41. The number of hydrogen-bond acceptors (Lipinski definition) is 7. The summed E-state index contributed by atoms with van der Waals surface area (Å²) in [6.45, 7) is 10.5. The molecule has 41 heavy (non-hydrogen) atoms. The minimum Gasteiger partial charge on any atom is -0.493 e. The average Bonchev–Trinajstić information content (AvgIpc) is 3.48. The van der Waals surface area contributed by atoms with Crippen LogP contribution in [0.1, 0.15) is 64.3 Å². The number of hydrogen-bond donors (Lipinski definition) is 0. The van der Waals surface area contributed by atoms with E-state index < -0.39 is 12.0 Å². The van der Waals surface area contributed by atoms with Gasteiger partial charge < -0.3 is 18.8 Å². The molecule has 9 heteroatoms. The fourth-order valence-electron chi connectivity index (χ4n) is 5.27. The lowest BCUT2D eigenvalue weighted by Crippen LogP contribution is -2.40. The molecule has 0 saturated carbocycles. The van der Waals surface area contributed by atoms with Gasteiger partial charge in [-0.05, 0) is 52.3 Å². The van der Waals surface area contributed by atoms with Gasteiger partial charge in [-0.3, -0.25) is 9.36 Å². The van der Waals surface area contributed by atoms with E-state index in [1.807, 2.05) is 43.3 Å². The second kappa shape index (κ2) is 11.8. The van der Waals surface area contributed by atoms with E-state index in [0.29, 0.717) is 44.3 Å². The molecule has 0 amide bonds. The first-order valence-corrected chi connectivity index (χ1v) is 14.7. The SMILES string of the molecule is CCCOc1c(OC)cccc1[C@H]1C(C(=O)OCC)=C(C)N=c2s/c(=C/c3cn(C(C)C)c4ccccc34)c(=O)n21. The van der Waals surface area contributed by atoms with Crippen molar-refractivity contribution in [2.45, 2.75) is 53.1 Å². The van der Waals surface area contributed by atoms with Crippen LogP contribution in [0.3, 0.4) is 0 Å². The molecule has 214 valence electrons. The van der Waals surface area contributed by atoms with Crippen molar-refractivity contribution in [3.63, 3.8) is 0 Å². The van der Waals surface area contributed by atoms with E-state index in [0.717, 1.165) is 22.9 Å². The van der Waals surface area contributed by atoms with Crippen LogP contribution >= 0.6 is 11.3 Å². The summed E-state index contributed by atoms with van der Waals surface area (Å²) in [6.07, 6.45) is 4.79. The number of fused-ring (bicyclic) bond motifs is 2. The lowest BCUT2D eigenvalue weighted by molar-refractivity contribution is -0.139. The number of esters is 1. The van der Waals surface area contributed by atoms with Crippen molar-refractivity contribution < 1.29 is 19.0 Å². The number of rotatable bonds is 9. The molecule has 1 aliphatic rings. The first kappa shape index (κ1) is 28.4. The Hall–Kier alpha value is -4.11. The van der Waals surface area contributed by atoms with Gasteiger partial charge in [0.2, 0.25) is 0 Å². The number of benzene rings is 2. The molecule has 1 aliphatic heterocycles. The molecule has 0 spiro atoms. The predicted octanol–water partition coefficient (Wildman–Crippen LogP) is 5.13. The lowest BCUT2D eigenvalue weighted by Gasteiger charge is -2.27. The molecule has 3 heterocycles. The van der Waals surface area contributed by atoms with Gasteiger partial charge in [0, 0.05) is 34.3 Å². The summed E-state index contributed by atoms with van der Waals surface area (Å²) >= 11 is 1.31. The lowest BCUT2D eigenvalue weighted by atomic mass is 9.94. The number of para-hydroxylation sites is 2. The summed E-state index contributed by atoms with van der Waals surface area (Å²) < 4.78 is 21.6. The fraction of sp³-hybridized carbons (Fsp3) is 0.344. The highest BCUT2D eigenvalue weighted by molar-refractivity contribution is 7.07. The van der Waals surface area contributed by atoms with Crippen LogP contribution in [0.4, 0.5) is 0 Å². The Morgan fingerprint density at radius 1 is 1.15 bits per heavy atom. The molecule has 8 nitrogen and oxygen atoms in total. The van der Waals surface area contributed by atoms with Gasteiger partial charge in [-0.25, -0.2) is 9.79 Å². The topological polar surface area (TPSA) is 84.1 Å². The Balaban J connectivity index is 1.78. The Morgan fingerprint density at radius 2 is 1.93 bits per heavy atom. The van der Waals surface area contributed by atoms with Crippen LogP contribution in [0, 0.1) is 0 Å². The predicted molar refractivity (Wildman–Crippen MR) is 162 cm³/mol. The van der Waals surface area contributed by atoms with Gasteiger partial charge in [0.1, 0.15) is 6.04 Å². The second-order valence-corrected chi connectivity index (χ2v) is 11.1. The number of methoxy groups -OCH3 is 1. The summed E-state index contributed by atoms with van der Waals surface area (Å²) in [6, 6.07) is 13.1. The molecule has 2 aromatic carbocycles. The number of carbonyl (C=O) groups is 1. The molecule has 0 saturated heterocycles. The van der Waals surface area contributed by atoms with Crippen LogP contribution in [0.25, 0.3) is 17.0 Å². The second-order valence-electron chi connectivity index (χ2n) is 10.1. The maximum Gasteiger partial charge on any atom is 0.338 e. The third kappa shape index (κ3) is 5.10. The van der Waals surface area contributed by atoms with Crippen LogP contribution in [0.2, 0.25) is 0 Å². The zero-order chi connectivity index (χ0) is 29.3. The smallest absolute Gasteiger partial charge is 0.338 e. The van der Waals surface area contributed by atoms with E-state index in [9.17, 15) is 9.59 Å². The van der Waals surface area contributed by atoms with E-state index in [1.165, 1.54) is 11.3 Å². The Bertz CT molecular complexity index is 1830. The van der Waals surface area contributed by atoms with Gasteiger partial charge in [-0.15, -0.1) is 0 Å². The molecule has 0 fully saturated rings. The van der Waals surface area contributed by atoms with Crippen LogP contribution < -0.4 is 24.4 Å². The molecule has 0 aliphatic carbocycles. The average molecular weight is 574 g/mol. The van der Waals surface area contributed by atoms with Gasteiger partial charge >= 0.3 is 5.97 Å². The van der Waals surface area contributed by atoms with Crippen molar-refractivity contribution in [2.75, 3.05) is 20.3 Å². The third-order valence-electron chi connectivity index (χ3n) is 7.11. The number of aromatic nitrogens is 2. The molecule has 0 N–H and O–H groups in total. The molecule has 0 radical (unpaired) electrons. The fourth-order valence-corrected chi connectivity index (χ4v) is 6.31. The monoisotopic (exact) mass is 573 g/mol. The summed E-state index contributed by atoms with van der Waals surface area (Å²) in [5, 5.41) is 1.06. The van der Waals surface area contributed by atoms with Crippen molar-refractivity contribution >= 4 is 34.3 Å². The van der Waals surface area contributed by atoms with E-state index in [2.05, 4.69) is 36.7 Å². The highest BCUT2D eigenvalue weighted by atomic mass is 32.1.